The average Bonchev–Trinajstić information content (AvgIpc) is 2.74. The maximum Gasteiger partial charge on any atom is 0.0731 e. The lowest BCUT2D eigenvalue weighted by Crippen LogP contribution is -2.16. The van der Waals surface area contributed by atoms with E-state index in [1.54, 1.807) is 0 Å². The number of rotatable bonds is 3. The van der Waals surface area contributed by atoms with Crippen LogP contribution in [-0.4, -0.2) is 7.05 Å². The Kier molecular flexibility index (Phi) is 4.08. The van der Waals surface area contributed by atoms with Crippen LogP contribution in [0.3, 0.4) is 0 Å². The number of thiophene rings is 2. The molecule has 2 aromatic rings. The molecular weight excluding hydrogens is 314 g/mol. The van der Waals surface area contributed by atoms with Crippen LogP contribution in [0.25, 0.3) is 0 Å². The summed E-state index contributed by atoms with van der Waals surface area (Å²) in [5, 5.41) is 3.43. The molecule has 1 unspecified atom stereocenters. The highest BCUT2D eigenvalue weighted by atomic mass is 79.9. The van der Waals surface area contributed by atoms with Crippen molar-refractivity contribution in [2.24, 2.45) is 0 Å². The van der Waals surface area contributed by atoms with Gasteiger partial charge in [-0.15, -0.1) is 22.7 Å². The van der Waals surface area contributed by atoms with Crippen molar-refractivity contribution in [1.82, 2.24) is 5.32 Å². The normalized spacial score (nSPS) is 13.0. The van der Waals surface area contributed by atoms with Crippen molar-refractivity contribution in [3.8, 4) is 0 Å². The average molecular weight is 330 g/mol. The Morgan fingerprint density at radius 3 is 2.29 bits per heavy atom. The largest absolute Gasteiger partial charge is 0.309 e. The lowest BCUT2D eigenvalue weighted by Gasteiger charge is -2.14. The first-order valence-electron chi connectivity index (χ1n) is 5.53. The Morgan fingerprint density at radius 1 is 1.18 bits per heavy atom. The standard InChI is InChI=1S/C13H16BrNS2/c1-7-5-11(17-13(7)14)12(15-4)10-6-8(2)16-9(10)3/h5-6,12,15H,1-4H3. The van der Waals surface area contributed by atoms with Gasteiger partial charge in [-0.3, -0.25) is 0 Å². The number of nitrogens with one attached hydrogen (secondary N) is 1. The van der Waals surface area contributed by atoms with E-state index in [0.29, 0.717) is 6.04 Å². The molecule has 92 valence electrons. The second-order valence-corrected chi connectivity index (χ2v) is 8.06. The van der Waals surface area contributed by atoms with Crippen LogP contribution >= 0.6 is 38.6 Å². The van der Waals surface area contributed by atoms with Gasteiger partial charge in [0.05, 0.1) is 9.83 Å². The predicted octanol–water partition coefficient (Wildman–Crippen LogP) is 4.81. The van der Waals surface area contributed by atoms with E-state index in [-0.39, 0.29) is 0 Å². The molecule has 2 heterocycles. The van der Waals surface area contributed by atoms with Crippen molar-refractivity contribution in [3.05, 3.63) is 41.7 Å². The Labute approximate surface area is 119 Å². The summed E-state index contributed by atoms with van der Waals surface area (Å²) in [5.74, 6) is 0. The molecule has 4 heteroatoms. The predicted molar refractivity (Wildman–Crippen MR) is 81.5 cm³/mol. The summed E-state index contributed by atoms with van der Waals surface area (Å²) in [5.41, 5.74) is 2.72. The van der Waals surface area contributed by atoms with Gasteiger partial charge in [-0.25, -0.2) is 0 Å². The summed E-state index contributed by atoms with van der Waals surface area (Å²) in [6, 6.07) is 4.88. The quantitative estimate of drug-likeness (QED) is 0.852. The monoisotopic (exact) mass is 329 g/mol. The third-order valence-corrected chi connectivity index (χ3v) is 6.02. The van der Waals surface area contributed by atoms with E-state index in [0.717, 1.165) is 0 Å². The molecule has 1 atom stereocenters. The van der Waals surface area contributed by atoms with Crippen molar-refractivity contribution in [3.63, 3.8) is 0 Å². The molecule has 17 heavy (non-hydrogen) atoms. The molecule has 0 fully saturated rings. The van der Waals surface area contributed by atoms with Gasteiger partial charge in [0.1, 0.15) is 0 Å². The zero-order chi connectivity index (χ0) is 12.6. The minimum atomic E-state index is 0.315. The van der Waals surface area contributed by atoms with Crippen molar-refractivity contribution >= 4 is 38.6 Å². The van der Waals surface area contributed by atoms with Gasteiger partial charge < -0.3 is 5.32 Å². The zero-order valence-electron chi connectivity index (χ0n) is 10.4. The third-order valence-electron chi connectivity index (χ3n) is 2.84. The van der Waals surface area contributed by atoms with Gasteiger partial charge in [-0.05, 0) is 67.0 Å². The van der Waals surface area contributed by atoms with E-state index in [4.69, 9.17) is 0 Å². The minimum absolute atomic E-state index is 0.315. The summed E-state index contributed by atoms with van der Waals surface area (Å²) in [6.07, 6.45) is 0. The maximum atomic E-state index is 3.60. The fourth-order valence-corrected chi connectivity index (χ4v) is 4.68. The van der Waals surface area contributed by atoms with Crippen LogP contribution in [0.5, 0.6) is 0 Å². The lowest BCUT2D eigenvalue weighted by atomic mass is 10.1. The molecule has 0 aromatic carbocycles. The van der Waals surface area contributed by atoms with Crippen LogP contribution in [-0.2, 0) is 0 Å². The molecule has 0 saturated heterocycles. The lowest BCUT2D eigenvalue weighted by molar-refractivity contribution is 0.702. The van der Waals surface area contributed by atoms with Crippen molar-refractivity contribution < 1.29 is 0 Å². The fourth-order valence-electron chi connectivity index (χ4n) is 2.01. The molecule has 0 aliphatic rings. The Hall–Kier alpha value is -0.160. The van der Waals surface area contributed by atoms with E-state index in [1.165, 1.54) is 29.5 Å². The van der Waals surface area contributed by atoms with Gasteiger partial charge >= 0.3 is 0 Å². The first-order chi connectivity index (χ1) is 8.02. The second-order valence-electron chi connectivity index (χ2n) is 4.20. The van der Waals surface area contributed by atoms with Gasteiger partial charge in [0.15, 0.2) is 0 Å². The summed E-state index contributed by atoms with van der Waals surface area (Å²) >= 11 is 7.29. The molecule has 0 aliphatic heterocycles. The molecular formula is C13H16BrNS2. The summed E-state index contributed by atoms with van der Waals surface area (Å²) in [7, 11) is 2.03. The molecule has 0 spiro atoms. The van der Waals surface area contributed by atoms with Crippen LogP contribution < -0.4 is 5.32 Å². The zero-order valence-corrected chi connectivity index (χ0v) is 13.6. The summed E-state index contributed by atoms with van der Waals surface area (Å²) < 4.78 is 1.23. The Balaban J connectivity index is 2.43. The highest BCUT2D eigenvalue weighted by Gasteiger charge is 2.18. The number of halogens is 1. The van der Waals surface area contributed by atoms with E-state index in [1.807, 2.05) is 29.7 Å². The third kappa shape index (κ3) is 2.65. The SMILES string of the molecule is CNC(c1cc(C)c(Br)s1)c1cc(C)sc1C. The van der Waals surface area contributed by atoms with Crippen molar-refractivity contribution in [2.75, 3.05) is 7.05 Å². The van der Waals surface area contributed by atoms with Crippen LogP contribution in [0.4, 0.5) is 0 Å². The molecule has 0 radical (unpaired) electrons. The Morgan fingerprint density at radius 2 is 1.88 bits per heavy atom. The van der Waals surface area contributed by atoms with E-state index < -0.39 is 0 Å². The minimum Gasteiger partial charge on any atom is -0.309 e. The second kappa shape index (κ2) is 5.22. The molecule has 1 nitrogen and oxygen atoms in total. The van der Waals surface area contributed by atoms with Gasteiger partial charge in [-0.2, -0.15) is 0 Å². The van der Waals surface area contributed by atoms with Crippen LogP contribution in [0, 0.1) is 20.8 Å². The summed E-state index contributed by atoms with van der Waals surface area (Å²) in [6.45, 7) is 6.51. The van der Waals surface area contributed by atoms with Crippen molar-refractivity contribution in [2.45, 2.75) is 26.8 Å². The molecule has 1 N–H and O–H groups in total. The van der Waals surface area contributed by atoms with Crippen LogP contribution in [0.2, 0.25) is 0 Å². The smallest absolute Gasteiger partial charge is 0.0731 e. The molecule has 0 amide bonds. The molecule has 2 rings (SSSR count). The van der Waals surface area contributed by atoms with Gasteiger partial charge in [0, 0.05) is 14.6 Å². The first kappa shape index (κ1) is 13.3. The molecule has 0 saturated carbocycles. The van der Waals surface area contributed by atoms with Crippen LogP contribution in [0.15, 0.2) is 15.9 Å². The molecule has 0 bridgehead atoms. The van der Waals surface area contributed by atoms with E-state index in [2.05, 4.69) is 54.2 Å². The van der Waals surface area contributed by atoms with Gasteiger partial charge in [0.2, 0.25) is 0 Å². The van der Waals surface area contributed by atoms with E-state index in [9.17, 15) is 0 Å². The molecule has 0 aliphatic carbocycles. The summed E-state index contributed by atoms with van der Waals surface area (Å²) in [4.78, 5) is 4.16. The highest BCUT2D eigenvalue weighted by Crippen LogP contribution is 2.37. The van der Waals surface area contributed by atoms with Crippen molar-refractivity contribution in [1.29, 1.82) is 0 Å². The topological polar surface area (TPSA) is 12.0 Å². The number of aryl methyl sites for hydroxylation is 3. The first-order valence-corrected chi connectivity index (χ1v) is 7.95. The van der Waals surface area contributed by atoms with Crippen LogP contribution in [0.1, 0.15) is 31.8 Å². The maximum absolute atomic E-state index is 3.60. The number of hydrogen-bond acceptors (Lipinski definition) is 3. The van der Waals surface area contributed by atoms with E-state index >= 15 is 0 Å². The molecule has 2 aromatic heterocycles. The van der Waals surface area contributed by atoms with Gasteiger partial charge in [0.25, 0.3) is 0 Å². The highest BCUT2D eigenvalue weighted by molar-refractivity contribution is 9.11. The fraction of sp³-hybridized carbons (Fsp3) is 0.385. The number of hydrogen-bond donors (Lipinski definition) is 1. The van der Waals surface area contributed by atoms with Gasteiger partial charge in [-0.1, -0.05) is 0 Å². The Bertz CT molecular complexity index is 508.